The molecule has 0 amide bonds. The van der Waals surface area contributed by atoms with Gasteiger partial charge in [-0.05, 0) is 37.3 Å². The molecule has 1 fully saturated rings. The zero-order chi connectivity index (χ0) is 13.7. The van der Waals surface area contributed by atoms with Crippen LogP contribution >= 0.6 is 0 Å². The van der Waals surface area contributed by atoms with Gasteiger partial charge in [-0.3, -0.25) is 0 Å². The van der Waals surface area contributed by atoms with E-state index < -0.39 is 0 Å². The van der Waals surface area contributed by atoms with Gasteiger partial charge in [-0.25, -0.2) is 0 Å². The molecular weight excluding hydrogens is 236 g/mol. The third kappa shape index (κ3) is 3.71. The predicted molar refractivity (Wildman–Crippen MR) is 80.7 cm³/mol. The number of ether oxygens (including phenoxy) is 1. The van der Waals surface area contributed by atoms with Gasteiger partial charge in [0.15, 0.2) is 0 Å². The van der Waals surface area contributed by atoms with E-state index in [0.717, 1.165) is 25.9 Å². The number of hydrogen-bond acceptors (Lipinski definition) is 3. The summed E-state index contributed by atoms with van der Waals surface area (Å²) in [6, 6.07) is 8.91. The molecule has 0 radical (unpaired) electrons. The quantitative estimate of drug-likeness (QED) is 0.886. The first-order valence-corrected chi connectivity index (χ1v) is 7.35. The lowest BCUT2D eigenvalue weighted by molar-refractivity contribution is 0.0893. The molecule has 0 spiro atoms. The maximum atomic E-state index is 6.11. The van der Waals surface area contributed by atoms with Gasteiger partial charge in [0.1, 0.15) is 0 Å². The number of para-hydroxylation sites is 1. The van der Waals surface area contributed by atoms with Crippen LogP contribution in [0.1, 0.15) is 31.7 Å². The number of nitrogens with zero attached hydrogens (tertiary/aromatic N) is 1. The Kier molecular flexibility index (Phi) is 5.23. The second kappa shape index (κ2) is 6.92. The van der Waals surface area contributed by atoms with Gasteiger partial charge in [-0.15, -0.1) is 0 Å². The number of benzene rings is 1. The van der Waals surface area contributed by atoms with Gasteiger partial charge >= 0.3 is 0 Å². The first kappa shape index (κ1) is 14.4. The summed E-state index contributed by atoms with van der Waals surface area (Å²) in [5.74, 6) is 0. The van der Waals surface area contributed by atoms with Gasteiger partial charge in [-0.1, -0.05) is 25.1 Å². The highest BCUT2D eigenvalue weighted by Crippen LogP contribution is 2.26. The van der Waals surface area contributed by atoms with Gasteiger partial charge in [0.2, 0.25) is 0 Å². The molecule has 1 aliphatic heterocycles. The third-order valence-corrected chi connectivity index (χ3v) is 4.05. The summed E-state index contributed by atoms with van der Waals surface area (Å²) >= 11 is 0. The van der Waals surface area contributed by atoms with Crippen LogP contribution in [0.2, 0.25) is 0 Å². The van der Waals surface area contributed by atoms with Gasteiger partial charge < -0.3 is 15.4 Å². The molecule has 2 N–H and O–H groups in total. The van der Waals surface area contributed by atoms with Gasteiger partial charge in [-0.2, -0.15) is 0 Å². The van der Waals surface area contributed by atoms with E-state index in [9.17, 15) is 0 Å². The van der Waals surface area contributed by atoms with E-state index >= 15 is 0 Å². The molecule has 1 aliphatic rings. The van der Waals surface area contributed by atoms with Gasteiger partial charge in [0.05, 0.1) is 6.10 Å². The maximum absolute atomic E-state index is 6.11. The number of rotatable bonds is 5. The van der Waals surface area contributed by atoms with Crippen LogP contribution in [0, 0.1) is 0 Å². The summed E-state index contributed by atoms with van der Waals surface area (Å²) in [4.78, 5) is 2.45. The van der Waals surface area contributed by atoms with E-state index in [1.807, 2.05) is 7.11 Å². The van der Waals surface area contributed by atoms with E-state index in [1.54, 1.807) is 0 Å². The first-order chi connectivity index (χ1) is 9.24. The normalized spacial score (nSPS) is 21.4. The molecule has 2 unspecified atom stereocenters. The Bertz CT molecular complexity index is 394. The van der Waals surface area contributed by atoms with Crippen LogP contribution in [0.4, 0.5) is 5.69 Å². The fourth-order valence-electron chi connectivity index (χ4n) is 2.77. The largest absolute Gasteiger partial charge is 0.380 e. The Labute approximate surface area is 116 Å². The average molecular weight is 262 g/mol. The molecule has 0 aliphatic carbocycles. The molecule has 0 bridgehead atoms. The fraction of sp³-hybridized carbons (Fsp3) is 0.625. The SMILES string of the molecule is CCC(N)Cc1ccccc1N1CCCC(OC)C1. The number of hydrogen-bond donors (Lipinski definition) is 1. The zero-order valence-corrected chi connectivity index (χ0v) is 12.1. The number of nitrogens with two attached hydrogens (primary N) is 1. The molecule has 2 atom stereocenters. The summed E-state index contributed by atoms with van der Waals surface area (Å²) in [7, 11) is 1.81. The highest BCUT2D eigenvalue weighted by atomic mass is 16.5. The minimum atomic E-state index is 0.254. The summed E-state index contributed by atoms with van der Waals surface area (Å²) in [6.07, 6.45) is 4.72. The third-order valence-electron chi connectivity index (χ3n) is 4.05. The molecule has 3 nitrogen and oxygen atoms in total. The van der Waals surface area contributed by atoms with Crippen LogP contribution in [0.3, 0.4) is 0 Å². The molecule has 106 valence electrons. The Balaban J connectivity index is 2.14. The number of anilines is 1. The highest BCUT2D eigenvalue weighted by Gasteiger charge is 2.21. The molecule has 2 rings (SSSR count). The molecule has 1 heterocycles. The molecule has 1 aromatic rings. The molecule has 0 saturated carbocycles. The Morgan fingerprint density at radius 3 is 2.95 bits per heavy atom. The van der Waals surface area contributed by atoms with E-state index in [2.05, 4.69) is 36.1 Å². The Morgan fingerprint density at radius 1 is 1.42 bits per heavy atom. The Morgan fingerprint density at radius 2 is 2.21 bits per heavy atom. The smallest absolute Gasteiger partial charge is 0.0746 e. The van der Waals surface area contributed by atoms with Crippen molar-refractivity contribution in [1.82, 2.24) is 0 Å². The molecule has 1 aromatic carbocycles. The van der Waals surface area contributed by atoms with Crippen molar-refractivity contribution in [2.75, 3.05) is 25.1 Å². The first-order valence-electron chi connectivity index (χ1n) is 7.35. The topological polar surface area (TPSA) is 38.5 Å². The number of methoxy groups -OCH3 is 1. The summed E-state index contributed by atoms with van der Waals surface area (Å²) in [5, 5.41) is 0. The highest BCUT2D eigenvalue weighted by molar-refractivity contribution is 5.54. The van der Waals surface area contributed by atoms with Crippen LogP contribution in [0.15, 0.2) is 24.3 Å². The molecule has 1 saturated heterocycles. The minimum Gasteiger partial charge on any atom is -0.380 e. The maximum Gasteiger partial charge on any atom is 0.0746 e. The predicted octanol–water partition coefficient (Wildman–Crippen LogP) is 2.58. The van der Waals surface area contributed by atoms with E-state index in [-0.39, 0.29) is 6.04 Å². The Hall–Kier alpha value is -1.06. The lowest BCUT2D eigenvalue weighted by Crippen LogP contribution is -2.40. The van der Waals surface area contributed by atoms with Crippen LogP contribution in [0.5, 0.6) is 0 Å². The summed E-state index contributed by atoms with van der Waals surface area (Å²) in [6.45, 7) is 4.27. The molecule has 0 aromatic heterocycles. The monoisotopic (exact) mass is 262 g/mol. The van der Waals surface area contributed by atoms with E-state index in [4.69, 9.17) is 10.5 Å². The minimum absolute atomic E-state index is 0.254. The lowest BCUT2D eigenvalue weighted by Gasteiger charge is -2.35. The standard InChI is InChI=1S/C16H26N2O/c1-3-14(17)11-13-7-4-5-9-16(13)18-10-6-8-15(12-18)19-2/h4-5,7,9,14-15H,3,6,8,10-12,17H2,1-2H3. The van der Waals surface area contributed by atoms with Gasteiger partial charge in [0, 0.05) is 31.9 Å². The molecule has 19 heavy (non-hydrogen) atoms. The van der Waals surface area contributed by atoms with Crippen LogP contribution in [-0.4, -0.2) is 32.3 Å². The van der Waals surface area contributed by atoms with Crippen molar-refractivity contribution in [1.29, 1.82) is 0 Å². The second-order valence-electron chi connectivity index (χ2n) is 5.45. The lowest BCUT2D eigenvalue weighted by atomic mass is 10.00. The summed E-state index contributed by atoms with van der Waals surface area (Å²) in [5.41, 5.74) is 8.82. The van der Waals surface area contributed by atoms with Crippen LogP contribution in [0.25, 0.3) is 0 Å². The van der Waals surface area contributed by atoms with Crippen LogP contribution in [-0.2, 0) is 11.2 Å². The van der Waals surface area contributed by atoms with Crippen molar-refractivity contribution >= 4 is 5.69 Å². The molecular formula is C16H26N2O. The zero-order valence-electron chi connectivity index (χ0n) is 12.1. The van der Waals surface area contributed by atoms with Crippen molar-refractivity contribution in [3.05, 3.63) is 29.8 Å². The van der Waals surface area contributed by atoms with Crippen molar-refractivity contribution in [3.63, 3.8) is 0 Å². The van der Waals surface area contributed by atoms with Gasteiger partial charge in [0.25, 0.3) is 0 Å². The van der Waals surface area contributed by atoms with Crippen molar-refractivity contribution < 1.29 is 4.74 Å². The van der Waals surface area contributed by atoms with Crippen molar-refractivity contribution in [3.8, 4) is 0 Å². The fourth-order valence-corrected chi connectivity index (χ4v) is 2.77. The molecule has 3 heteroatoms. The summed E-state index contributed by atoms with van der Waals surface area (Å²) < 4.78 is 5.52. The second-order valence-corrected chi connectivity index (χ2v) is 5.45. The average Bonchev–Trinajstić information content (AvgIpc) is 2.47. The van der Waals surface area contributed by atoms with Crippen LogP contribution < -0.4 is 10.6 Å². The van der Waals surface area contributed by atoms with E-state index in [0.29, 0.717) is 6.10 Å². The van der Waals surface area contributed by atoms with Crippen molar-refractivity contribution in [2.45, 2.75) is 44.8 Å². The van der Waals surface area contributed by atoms with E-state index in [1.165, 1.54) is 24.1 Å². The van der Waals surface area contributed by atoms with Crippen molar-refractivity contribution in [2.24, 2.45) is 5.73 Å². The number of piperidine rings is 1.